The Labute approximate surface area is 112 Å². The van der Waals surface area contributed by atoms with Crippen molar-refractivity contribution < 1.29 is 4.74 Å². The highest BCUT2D eigenvalue weighted by Gasteiger charge is 2.34. The lowest BCUT2D eigenvalue weighted by atomic mass is 10.1. The van der Waals surface area contributed by atoms with Gasteiger partial charge in [0.15, 0.2) is 5.11 Å². The van der Waals surface area contributed by atoms with Gasteiger partial charge < -0.3 is 15.0 Å². The molecule has 1 aliphatic rings. The van der Waals surface area contributed by atoms with Crippen LogP contribution in [0, 0.1) is 0 Å². The minimum absolute atomic E-state index is 0.0668. The molecule has 0 saturated carbocycles. The van der Waals surface area contributed by atoms with Crippen LogP contribution in [0.5, 0.6) is 0 Å². The lowest BCUT2D eigenvalue weighted by Gasteiger charge is -2.31. The maximum absolute atomic E-state index is 5.92. The molecule has 1 heterocycles. The summed E-state index contributed by atoms with van der Waals surface area (Å²) in [5.74, 6) is 0. The van der Waals surface area contributed by atoms with E-state index in [-0.39, 0.29) is 5.54 Å². The van der Waals surface area contributed by atoms with Crippen molar-refractivity contribution in [1.29, 1.82) is 0 Å². The molecule has 1 aliphatic heterocycles. The molecule has 0 amide bonds. The van der Waals surface area contributed by atoms with E-state index >= 15 is 0 Å². The molecule has 17 heavy (non-hydrogen) atoms. The second-order valence-corrected chi connectivity index (χ2v) is 5.48. The predicted molar refractivity (Wildman–Crippen MR) is 74.4 cm³/mol. The number of nitrogens with one attached hydrogen (secondary N) is 1. The number of rotatable bonds is 1. The summed E-state index contributed by atoms with van der Waals surface area (Å²) in [6.45, 7) is 5.42. The Bertz CT molecular complexity index is 436. The highest BCUT2D eigenvalue weighted by molar-refractivity contribution is 7.80. The minimum Gasteiger partial charge on any atom is -0.359 e. The number of ether oxygens (including phenoxy) is 1. The lowest BCUT2D eigenvalue weighted by Crippen LogP contribution is -2.46. The van der Waals surface area contributed by atoms with Gasteiger partial charge in [-0.2, -0.15) is 0 Å². The standard InChI is InChI=1S/C12H15ClN2OS/c1-12(2)7-16-8-15(12)11(17)14-10-5-3-4-9(13)6-10/h3-6H,7-8H2,1-2H3,(H,14,17). The third-order valence-corrected chi connectivity index (χ3v) is 3.28. The van der Waals surface area contributed by atoms with E-state index in [0.29, 0.717) is 23.5 Å². The van der Waals surface area contributed by atoms with E-state index in [1.165, 1.54) is 0 Å². The van der Waals surface area contributed by atoms with E-state index in [0.717, 1.165) is 5.69 Å². The van der Waals surface area contributed by atoms with Crippen LogP contribution < -0.4 is 5.32 Å². The molecule has 1 N–H and O–H groups in total. The Balaban J connectivity index is 2.07. The van der Waals surface area contributed by atoms with Gasteiger partial charge in [-0.1, -0.05) is 17.7 Å². The molecule has 3 nitrogen and oxygen atoms in total. The maximum atomic E-state index is 5.92. The van der Waals surface area contributed by atoms with Crippen LogP contribution in [0.15, 0.2) is 24.3 Å². The van der Waals surface area contributed by atoms with Crippen LogP contribution in [0.3, 0.4) is 0 Å². The van der Waals surface area contributed by atoms with Gasteiger partial charge in [0.25, 0.3) is 0 Å². The SMILES string of the molecule is CC1(C)COCN1C(=S)Nc1cccc(Cl)c1. The van der Waals surface area contributed by atoms with Crippen LogP contribution in [0.4, 0.5) is 5.69 Å². The van der Waals surface area contributed by atoms with Crippen LogP contribution in [-0.2, 0) is 4.74 Å². The van der Waals surface area contributed by atoms with Crippen molar-refractivity contribution in [2.45, 2.75) is 19.4 Å². The van der Waals surface area contributed by atoms with Gasteiger partial charge >= 0.3 is 0 Å². The van der Waals surface area contributed by atoms with Crippen LogP contribution in [0.2, 0.25) is 5.02 Å². The Kier molecular flexibility index (Phi) is 3.56. The predicted octanol–water partition coefficient (Wildman–Crippen LogP) is 3.11. The molecular weight excluding hydrogens is 256 g/mol. The molecule has 92 valence electrons. The number of halogens is 1. The van der Waals surface area contributed by atoms with Crippen LogP contribution in [-0.4, -0.2) is 28.9 Å². The molecule has 1 fully saturated rings. The summed E-state index contributed by atoms with van der Waals surface area (Å²) >= 11 is 11.3. The van der Waals surface area contributed by atoms with Gasteiger partial charge in [0, 0.05) is 10.7 Å². The molecule has 1 aromatic carbocycles. The van der Waals surface area contributed by atoms with E-state index in [4.69, 9.17) is 28.6 Å². The van der Waals surface area contributed by atoms with Gasteiger partial charge in [0.2, 0.25) is 0 Å². The molecule has 0 spiro atoms. The number of anilines is 1. The van der Waals surface area contributed by atoms with Crippen molar-refractivity contribution in [2.24, 2.45) is 0 Å². The van der Waals surface area contributed by atoms with Gasteiger partial charge in [-0.25, -0.2) is 0 Å². The summed E-state index contributed by atoms with van der Waals surface area (Å²) in [6, 6.07) is 7.50. The third-order valence-electron chi connectivity index (χ3n) is 2.73. The quantitative estimate of drug-likeness (QED) is 0.793. The van der Waals surface area contributed by atoms with Crippen LogP contribution >= 0.6 is 23.8 Å². The zero-order chi connectivity index (χ0) is 12.5. The fourth-order valence-corrected chi connectivity index (χ4v) is 2.34. The minimum atomic E-state index is -0.0668. The summed E-state index contributed by atoms with van der Waals surface area (Å²) in [5, 5.41) is 4.52. The molecule has 0 radical (unpaired) electrons. The first-order valence-electron chi connectivity index (χ1n) is 5.41. The first-order valence-corrected chi connectivity index (χ1v) is 6.20. The van der Waals surface area contributed by atoms with Crippen molar-refractivity contribution in [3.63, 3.8) is 0 Å². The Morgan fingerprint density at radius 3 is 2.88 bits per heavy atom. The first kappa shape index (κ1) is 12.6. The molecule has 0 atom stereocenters. The molecule has 1 aromatic rings. The lowest BCUT2D eigenvalue weighted by molar-refractivity contribution is 0.169. The van der Waals surface area contributed by atoms with Gasteiger partial charge in [-0.05, 0) is 44.3 Å². The second kappa shape index (κ2) is 4.80. The number of nitrogens with zero attached hydrogens (tertiary/aromatic N) is 1. The summed E-state index contributed by atoms with van der Waals surface area (Å²) < 4.78 is 5.43. The van der Waals surface area contributed by atoms with E-state index in [9.17, 15) is 0 Å². The van der Waals surface area contributed by atoms with Crippen LogP contribution in [0.25, 0.3) is 0 Å². The normalized spacial score (nSPS) is 18.2. The van der Waals surface area contributed by atoms with Gasteiger partial charge in [-0.15, -0.1) is 0 Å². The summed E-state index contributed by atoms with van der Waals surface area (Å²) in [4.78, 5) is 2.03. The average Bonchev–Trinajstić information content (AvgIpc) is 2.58. The maximum Gasteiger partial charge on any atom is 0.175 e. The zero-order valence-electron chi connectivity index (χ0n) is 9.87. The largest absolute Gasteiger partial charge is 0.359 e. The average molecular weight is 271 g/mol. The molecule has 0 bridgehead atoms. The topological polar surface area (TPSA) is 24.5 Å². The molecule has 0 aromatic heterocycles. The first-order chi connectivity index (χ1) is 7.99. The highest BCUT2D eigenvalue weighted by atomic mass is 35.5. The third kappa shape index (κ3) is 2.89. The van der Waals surface area contributed by atoms with Crippen molar-refractivity contribution in [2.75, 3.05) is 18.7 Å². The monoisotopic (exact) mass is 270 g/mol. The molecule has 2 rings (SSSR count). The van der Waals surface area contributed by atoms with E-state index in [1.54, 1.807) is 0 Å². The molecule has 0 unspecified atom stereocenters. The Morgan fingerprint density at radius 1 is 1.53 bits per heavy atom. The highest BCUT2D eigenvalue weighted by Crippen LogP contribution is 2.23. The van der Waals surface area contributed by atoms with Gasteiger partial charge in [0.1, 0.15) is 6.73 Å². The molecule has 5 heteroatoms. The number of thiocarbonyl (C=S) groups is 1. The number of benzene rings is 1. The number of hydrogen-bond acceptors (Lipinski definition) is 2. The van der Waals surface area contributed by atoms with E-state index < -0.39 is 0 Å². The van der Waals surface area contributed by atoms with Gasteiger partial charge in [-0.3, -0.25) is 0 Å². The molecule has 0 aliphatic carbocycles. The fourth-order valence-electron chi connectivity index (χ4n) is 1.73. The van der Waals surface area contributed by atoms with Crippen molar-refractivity contribution in [3.8, 4) is 0 Å². The Hall–Kier alpha value is -0.840. The Morgan fingerprint density at radius 2 is 2.29 bits per heavy atom. The molecule has 1 saturated heterocycles. The summed E-state index contributed by atoms with van der Waals surface area (Å²) in [6.07, 6.45) is 0. The van der Waals surface area contributed by atoms with Crippen molar-refractivity contribution in [1.82, 2.24) is 4.90 Å². The smallest absolute Gasteiger partial charge is 0.175 e. The van der Waals surface area contributed by atoms with Crippen molar-refractivity contribution in [3.05, 3.63) is 29.3 Å². The van der Waals surface area contributed by atoms with E-state index in [1.807, 2.05) is 29.2 Å². The second-order valence-electron chi connectivity index (χ2n) is 4.66. The number of hydrogen-bond donors (Lipinski definition) is 1. The summed E-state index contributed by atoms with van der Waals surface area (Å²) in [7, 11) is 0. The van der Waals surface area contributed by atoms with Gasteiger partial charge in [0.05, 0.1) is 12.1 Å². The van der Waals surface area contributed by atoms with E-state index in [2.05, 4.69) is 19.2 Å². The fraction of sp³-hybridized carbons (Fsp3) is 0.417. The molecular formula is C12H15ClN2OS. The van der Waals surface area contributed by atoms with Crippen molar-refractivity contribution >= 4 is 34.6 Å². The zero-order valence-corrected chi connectivity index (χ0v) is 11.4. The summed E-state index contributed by atoms with van der Waals surface area (Å²) in [5.41, 5.74) is 0.827. The van der Waals surface area contributed by atoms with Crippen LogP contribution in [0.1, 0.15) is 13.8 Å².